The van der Waals surface area contributed by atoms with E-state index in [4.69, 9.17) is 5.11 Å². The largest absolute Gasteiger partial charge is 0.465 e. The van der Waals surface area contributed by atoms with Crippen LogP contribution >= 0.6 is 11.3 Å². The van der Waals surface area contributed by atoms with E-state index in [0.717, 1.165) is 17.0 Å². The molecule has 0 bridgehead atoms. The van der Waals surface area contributed by atoms with Gasteiger partial charge in [0, 0.05) is 11.3 Å². The average Bonchev–Trinajstić information content (AvgIpc) is 2.97. The van der Waals surface area contributed by atoms with Gasteiger partial charge in [0.25, 0.3) is 0 Å². The van der Waals surface area contributed by atoms with Gasteiger partial charge in [-0.25, -0.2) is 13.6 Å². The zero-order valence-electron chi connectivity index (χ0n) is 11.4. The van der Waals surface area contributed by atoms with Crippen LogP contribution in [-0.2, 0) is 0 Å². The van der Waals surface area contributed by atoms with Gasteiger partial charge in [-0.3, -0.25) is 4.79 Å². The van der Waals surface area contributed by atoms with Crippen LogP contribution in [0.4, 0.5) is 13.6 Å². The van der Waals surface area contributed by atoms with Crippen molar-refractivity contribution in [2.24, 2.45) is 0 Å². The Morgan fingerprint density at radius 1 is 1.18 bits per heavy atom. The molecule has 4 nitrogen and oxygen atoms in total. The second kappa shape index (κ2) is 7.13. The third kappa shape index (κ3) is 3.88. The topological polar surface area (TPSA) is 66.4 Å². The Kier molecular flexibility index (Phi) is 5.21. The Balaban J connectivity index is 2.09. The summed E-state index contributed by atoms with van der Waals surface area (Å²) in [5, 5.41) is 12.9. The van der Waals surface area contributed by atoms with Crippen molar-refractivity contribution in [2.45, 2.75) is 18.9 Å². The van der Waals surface area contributed by atoms with Gasteiger partial charge >= 0.3 is 6.09 Å². The number of amides is 1. The highest BCUT2D eigenvalue weighted by atomic mass is 32.1. The van der Waals surface area contributed by atoms with E-state index in [1.54, 1.807) is 17.5 Å². The van der Waals surface area contributed by atoms with Crippen molar-refractivity contribution in [1.29, 1.82) is 0 Å². The molecule has 0 aliphatic rings. The Hall–Kier alpha value is -2.28. The molecule has 116 valence electrons. The summed E-state index contributed by atoms with van der Waals surface area (Å²) in [5.74, 6) is -2.52. The van der Waals surface area contributed by atoms with Gasteiger partial charge in [0.2, 0.25) is 0 Å². The van der Waals surface area contributed by atoms with Crippen LogP contribution in [0.1, 0.15) is 34.1 Å². The van der Waals surface area contributed by atoms with Crippen molar-refractivity contribution in [1.82, 2.24) is 5.32 Å². The molecule has 7 heteroatoms. The maximum absolute atomic E-state index is 13.5. The monoisotopic (exact) mass is 325 g/mol. The van der Waals surface area contributed by atoms with Crippen LogP contribution in [0.5, 0.6) is 0 Å². The first-order chi connectivity index (χ1) is 10.5. The number of ketones is 1. The van der Waals surface area contributed by atoms with Crippen molar-refractivity contribution in [3.63, 3.8) is 0 Å². The highest BCUT2D eigenvalue weighted by Gasteiger charge is 2.21. The molecule has 0 spiro atoms. The number of carboxylic acid groups (broad SMARTS) is 1. The van der Waals surface area contributed by atoms with Gasteiger partial charge in [-0.2, -0.15) is 0 Å². The summed E-state index contributed by atoms with van der Waals surface area (Å²) in [6.07, 6.45) is -1.26. The molecule has 1 aromatic carbocycles. The van der Waals surface area contributed by atoms with E-state index in [1.165, 1.54) is 17.4 Å². The first kappa shape index (κ1) is 16.1. The Labute approximate surface area is 129 Å². The predicted molar refractivity (Wildman–Crippen MR) is 78.1 cm³/mol. The fourth-order valence-corrected chi connectivity index (χ4v) is 2.90. The van der Waals surface area contributed by atoms with Gasteiger partial charge in [-0.1, -0.05) is 12.1 Å². The van der Waals surface area contributed by atoms with Gasteiger partial charge in [0.05, 0.1) is 11.6 Å². The zero-order chi connectivity index (χ0) is 16.1. The lowest BCUT2D eigenvalue weighted by atomic mass is 10.0. The minimum atomic E-state index is -1.22. The lowest BCUT2D eigenvalue weighted by Crippen LogP contribution is -2.26. The van der Waals surface area contributed by atoms with Crippen molar-refractivity contribution in [3.05, 3.63) is 57.8 Å². The van der Waals surface area contributed by atoms with Gasteiger partial charge in [0.15, 0.2) is 5.78 Å². The van der Waals surface area contributed by atoms with E-state index >= 15 is 0 Å². The van der Waals surface area contributed by atoms with Crippen LogP contribution < -0.4 is 5.32 Å². The number of hydrogen-bond acceptors (Lipinski definition) is 3. The summed E-state index contributed by atoms with van der Waals surface area (Å²) in [6, 6.07) is 6.12. The van der Waals surface area contributed by atoms with Gasteiger partial charge in [-0.05, 0) is 30.0 Å². The van der Waals surface area contributed by atoms with Crippen LogP contribution in [0.25, 0.3) is 0 Å². The number of hydrogen-bond donors (Lipinski definition) is 2. The molecule has 2 aromatic rings. The molecule has 2 N–H and O–H groups in total. The Morgan fingerprint density at radius 3 is 2.41 bits per heavy atom. The third-order valence-electron chi connectivity index (χ3n) is 3.09. The number of halogens is 2. The molecule has 0 saturated heterocycles. The van der Waals surface area contributed by atoms with E-state index in [-0.39, 0.29) is 12.8 Å². The smallest absolute Gasteiger partial charge is 0.405 e. The van der Waals surface area contributed by atoms with Crippen LogP contribution in [0, 0.1) is 11.6 Å². The molecule has 1 heterocycles. The number of Topliss-reactive ketones (excluding diaryl/α,β-unsaturated/α-hetero) is 1. The predicted octanol–water partition coefficient (Wildman–Crippen LogP) is 4.00. The molecule has 0 aliphatic heterocycles. The highest BCUT2D eigenvalue weighted by Crippen LogP contribution is 2.25. The Bertz CT molecular complexity index is 653. The van der Waals surface area contributed by atoms with Gasteiger partial charge in [-0.15, -0.1) is 11.3 Å². The number of carbonyl (C=O) groups is 2. The van der Waals surface area contributed by atoms with Crippen molar-refractivity contribution in [2.75, 3.05) is 0 Å². The lowest BCUT2D eigenvalue weighted by Gasteiger charge is -2.15. The first-order valence-corrected chi connectivity index (χ1v) is 7.37. The second-order valence-corrected chi connectivity index (χ2v) is 5.56. The summed E-state index contributed by atoms with van der Waals surface area (Å²) in [6.45, 7) is 0. The maximum Gasteiger partial charge on any atom is 0.405 e. The molecule has 0 saturated carbocycles. The quantitative estimate of drug-likeness (QED) is 0.789. The SMILES string of the molecule is O=C(O)NC(CCC(=O)c1c(F)cccc1F)c1cccs1. The molecule has 1 aromatic heterocycles. The normalized spacial score (nSPS) is 11.9. The second-order valence-electron chi connectivity index (χ2n) is 4.58. The summed E-state index contributed by atoms with van der Waals surface area (Å²) in [5.41, 5.74) is -0.581. The number of benzene rings is 1. The zero-order valence-corrected chi connectivity index (χ0v) is 12.2. The molecule has 0 radical (unpaired) electrons. The van der Waals surface area contributed by atoms with Crippen LogP contribution in [0.15, 0.2) is 35.7 Å². The number of rotatable bonds is 6. The van der Waals surface area contributed by atoms with E-state index in [1.807, 2.05) is 0 Å². The van der Waals surface area contributed by atoms with Crippen molar-refractivity contribution in [3.8, 4) is 0 Å². The fraction of sp³-hybridized carbons (Fsp3) is 0.200. The van der Waals surface area contributed by atoms with E-state index < -0.39 is 35.1 Å². The molecule has 1 atom stereocenters. The summed E-state index contributed by atoms with van der Waals surface area (Å²) >= 11 is 1.34. The van der Waals surface area contributed by atoms with Gasteiger partial charge in [0.1, 0.15) is 11.6 Å². The maximum atomic E-state index is 13.5. The van der Waals surface area contributed by atoms with Crippen molar-refractivity contribution < 1.29 is 23.5 Å². The number of nitrogens with one attached hydrogen (secondary N) is 1. The molecule has 22 heavy (non-hydrogen) atoms. The lowest BCUT2D eigenvalue weighted by molar-refractivity contribution is 0.0966. The van der Waals surface area contributed by atoms with Gasteiger partial charge < -0.3 is 10.4 Å². The highest BCUT2D eigenvalue weighted by molar-refractivity contribution is 7.10. The molecule has 1 unspecified atom stereocenters. The Morgan fingerprint density at radius 2 is 1.86 bits per heavy atom. The number of carbonyl (C=O) groups excluding carboxylic acids is 1. The summed E-state index contributed by atoms with van der Waals surface area (Å²) in [4.78, 5) is 23.6. The molecule has 1 amide bonds. The third-order valence-corrected chi connectivity index (χ3v) is 4.07. The molecule has 2 rings (SSSR count). The summed E-state index contributed by atoms with van der Waals surface area (Å²) in [7, 11) is 0. The minimum Gasteiger partial charge on any atom is -0.465 e. The van der Waals surface area contributed by atoms with Crippen LogP contribution in [0.2, 0.25) is 0 Å². The van der Waals surface area contributed by atoms with Crippen LogP contribution in [0.3, 0.4) is 0 Å². The van der Waals surface area contributed by atoms with Crippen molar-refractivity contribution >= 4 is 23.2 Å². The fourth-order valence-electron chi connectivity index (χ4n) is 2.09. The van der Waals surface area contributed by atoms with E-state index in [9.17, 15) is 18.4 Å². The van der Waals surface area contributed by atoms with E-state index in [0.29, 0.717) is 0 Å². The molecule has 0 fully saturated rings. The van der Waals surface area contributed by atoms with Crippen LogP contribution in [-0.4, -0.2) is 17.0 Å². The minimum absolute atomic E-state index is 0.124. The standard InChI is InChI=1S/C15H13F2NO3S/c16-9-3-1-4-10(17)14(9)12(19)7-6-11(18-15(20)21)13-5-2-8-22-13/h1-5,8,11,18H,6-7H2,(H,20,21). The molecular weight excluding hydrogens is 312 g/mol. The molecule has 0 aliphatic carbocycles. The number of thiophene rings is 1. The molecular formula is C15H13F2NO3S. The first-order valence-electron chi connectivity index (χ1n) is 6.49. The van der Waals surface area contributed by atoms with E-state index in [2.05, 4.69) is 5.32 Å². The average molecular weight is 325 g/mol. The summed E-state index contributed by atoms with van der Waals surface area (Å²) < 4.78 is 27.1.